The topological polar surface area (TPSA) is 85.4 Å². The molecule has 4 aromatic carbocycles. The summed E-state index contributed by atoms with van der Waals surface area (Å²) < 4.78 is 6.08. The van der Waals surface area contributed by atoms with E-state index in [0.717, 1.165) is 16.7 Å². The van der Waals surface area contributed by atoms with Crippen LogP contribution in [0.2, 0.25) is 0 Å². The summed E-state index contributed by atoms with van der Waals surface area (Å²) in [5, 5.41) is 3.03. The van der Waals surface area contributed by atoms with Crippen molar-refractivity contribution in [2.24, 2.45) is 0 Å². The first-order valence-corrected chi connectivity index (χ1v) is 16.2. The highest BCUT2D eigenvalue weighted by atomic mass is 16.5. The van der Waals surface area contributed by atoms with Gasteiger partial charge in [0.2, 0.25) is 5.91 Å². The summed E-state index contributed by atoms with van der Waals surface area (Å²) in [7, 11) is 5.63. The van der Waals surface area contributed by atoms with Crippen molar-refractivity contribution in [2.45, 2.75) is 25.0 Å². The van der Waals surface area contributed by atoms with Crippen LogP contribution in [-0.4, -0.2) is 84.3 Å². The van der Waals surface area contributed by atoms with E-state index in [1.165, 1.54) is 4.90 Å². The number of carbonyl (C=O) groups excluding carboxylic acids is 3. The van der Waals surface area contributed by atoms with Crippen LogP contribution < -0.4 is 10.1 Å². The second-order valence-corrected chi connectivity index (χ2v) is 12.5. The zero-order valence-electron chi connectivity index (χ0n) is 27.6. The number of urea groups is 1. The van der Waals surface area contributed by atoms with E-state index >= 15 is 0 Å². The summed E-state index contributed by atoms with van der Waals surface area (Å²) in [5.74, 6) is 0.875. The molecule has 246 valence electrons. The number of benzene rings is 4. The zero-order valence-corrected chi connectivity index (χ0v) is 27.6. The van der Waals surface area contributed by atoms with Crippen molar-refractivity contribution in [2.75, 3.05) is 40.8 Å². The molecule has 9 nitrogen and oxygen atoms in total. The molecule has 0 radical (unpaired) electrons. The van der Waals surface area contributed by atoms with E-state index < -0.39 is 12.1 Å². The van der Waals surface area contributed by atoms with Crippen LogP contribution in [0.1, 0.15) is 22.7 Å². The second-order valence-electron chi connectivity index (χ2n) is 12.5. The summed E-state index contributed by atoms with van der Waals surface area (Å²) in [6, 6.07) is 34.7. The molecule has 2 aliphatic heterocycles. The maximum Gasteiger partial charge on any atom is 0.322 e. The fourth-order valence-electron chi connectivity index (χ4n) is 6.24. The molecule has 0 aliphatic carbocycles. The van der Waals surface area contributed by atoms with Gasteiger partial charge in [0.15, 0.2) is 0 Å². The van der Waals surface area contributed by atoms with Gasteiger partial charge in [0.05, 0.1) is 23.9 Å². The minimum atomic E-state index is -0.784. The molecular formula is C39H41N5O4. The SMILES string of the molecule is CN(C)CCN(Cc1ccccc1)C(=O)C(Cc1ccccc1)N1CC2=C(C1=O)C(c1cccc(Oc3ccccc3)c1)NC(=O)N2C. The number of carbonyl (C=O) groups is 3. The summed E-state index contributed by atoms with van der Waals surface area (Å²) in [4.78, 5) is 49.7. The van der Waals surface area contributed by atoms with Gasteiger partial charge in [-0.05, 0) is 55.1 Å². The van der Waals surface area contributed by atoms with Crippen LogP contribution in [0.3, 0.4) is 0 Å². The van der Waals surface area contributed by atoms with Gasteiger partial charge in [0, 0.05) is 33.1 Å². The Morgan fingerprint density at radius 1 is 0.833 bits per heavy atom. The molecule has 2 atom stereocenters. The molecule has 4 amide bonds. The van der Waals surface area contributed by atoms with Gasteiger partial charge in [-0.2, -0.15) is 0 Å². The molecule has 2 unspecified atom stereocenters. The standard InChI is InChI=1S/C39H41N5O4/c1-41(2)22-23-43(26-29-16-9-5-10-17-29)37(45)33(24-28-14-7-4-8-15-28)44-27-34-35(38(44)46)36(40-39(47)42(34)3)30-18-13-21-32(25-30)48-31-19-11-6-12-20-31/h4-21,25,33,36H,22-24,26-27H2,1-3H3,(H,40,47). The van der Waals surface area contributed by atoms with Crippen LogP contribution in [0.15, 0.2) is 127 Å². The first-order chi connectivity index (χ1) is 23.3. The normalized spacial score (nSPS) is 16.5. The Hall–Kier alpha value is -5.41. The lowest BCUT2D eigenvalue weighted by Crippen LogP contribution is -2.52. The molecule has 0 bridgehead atoms. The van der Waals surface area contributed by atoms with E-state index in [2.05, 4.69) is 5.32 Å². The van der Waals surface area contributed by atoms with Gasteiger partial charge in [-0.25, -0.2) is 4.79 Å². The Labute approximate surface area is 282 Å². The molecule has 4 aromatic rings. The lowest BCUT2D eigenvalue weighted by atomic mass is 9.95. The van der Waals surface area contributed by atoms with Crippen LogP contribution in [-0.2, 0) is 22.6 Å². The molecule has 1 N–H and O–H groups in total. The molecule has 2 aliphatic rings. The minimum absolute atomic E-state index is 0.130. The van der Waals surface area contributed by atoms with E-state index in [4.69, 9.17) is 4.74 Å². The molecule has 0 fully saturated rings. The fraction of sp³-hybridized carbons (Fsp3) is 0.256. The van der Waals surface area contributed by atoms with Gasteiger partial charge in [-0.3, -0.25) is 14.5 Å². The average molecular weight is 644 g/mol. The smallest absolute Gasteiger partial charge is 0.322 e. The molecule has 0 saturated heterocycles. The second kappa shape index (κ2) is 14.6. The van der Waals surface area contributed by atoms with E-state index in [-0.39, 0.29) is 24.4 Å². The summed E-state index contributed by atoms with van der Waals surface area (Å²) in [5.41, 5.74) is 3.74. The molecule has 9 heteroatoms. The van der Waals surface area contributed by atoms with Crippen molar-refractivity contribution in [3.8, 4) is 11.5 Å². The average Bonchev–Trinajstić information content (AvgIpc) is 3.45. The molecule has 6 rings (SSSR count). The molecule has 0 aromatic heterocycles. The van der Waals surface area contributed by atoms with Crippen LogP contribution in [0.25, 0.3) is 0 Å². The fourth-order valence-corrected chi connectivity index (χ4v) is 6.24. The number of rotatable bonds is 12. The van der Waals surface area contributed by atoms with E-state index in [9.17, 15) is 14.4 Å². The highest BCUT2D eigenvalue weighted by Gasteiger charge is 2.47. The van der Waals surface area contributed by atoms with Crippen LogP contribution in [0, 0.1) is 0 Å². The molecule has 0 spiro atoms. The predicted octanol–water partition coefficient (Wildman–Crippen LogP) is 5.47. The summed E-state index contributed by atoms with van der Waals surface area (Å²) >= 11 is 0. The highest BCUT2D eigenvalue weighted by molar-refractivity contribution is 6.03. The number of amides is 4. The van der Waals surface area contributed by atoms with Gasteiger partial charge in [0.25, 0.3) is 5.91 Å². The third-order valence-electron chi connectivity index (χ3n) is 8.84. The van der Waals surface area contributed by atoms with Crippen molar-refractivity contribution in [3.05, 3.63) is 143 Å². The van der Waals surface area contributed by atoms with Gasteiger partial charge >= 0.3 is 6.03 Å². The lowest BCUT2D eigenvalue weighted by molar-refractivity contribution is -0.143. The first-order valence-electron chi connectivity index (χ1n) is 16.2. The minimum Gasteiger partial charge on any atom is -0.457 e. The van der Waals surface area contributed by atoms with Crippen LogP contribution in [0.4, 0.5) is 4.79 Å². The van der Waals surface area contributed by atoms with Crippen molar-refractivity contribution >= 4 is 17.8 Å². The lowest BCUT2D eigenvalue weighted by Gasteiger charge is -2.34. The third-order valence-corrected chi connectivity index (χ3v) is 8.84. The van der Waals surface area contributed by atoms with Gasteiger partial charge in [-0.15, -0.1) is 0 Å². The molecule has 0 saturated carbocycles. The molecular weight excluding hydrogens is 602 g/mol. The highest BCUT2D eigenvalue weighted by Crippen LogP contribution is 2.38. The predicted molar refractivity (Wildman–Crippen MR) is 185 cm³/mol. The molecule has 2 heterocycles. The third kappa shape index (κ3) is 7.26. The Balaban J connectivity index is 1.34. The Morgan fingerprint density at radius 3 is 2.12 bits per heavy atom. The summed E-state index contributed by atoms with van der Waals surface area (Å²) in [6.07, 6.45) is 0.343. The number of likely N-dealkylation sites (N-methyl/N-ethyl adjacent to an activating group) is 2. The van der Waals surface area contributed by atoms with Crippen LogP contribution in [0.5, 0.6) is 11.5 Å². The van der Waals surface area contributed by atoms with Crippen molar-refractivity contribution in [1.82, 2.24) is 24.9 Å². The Morgan fingerprint density at radius 2 is 1.46 bits per heavy atom. The van der Waals surface area contributed by atoms with Crippen molar-refractivity contribution in [1.29, 1.82) is 0 Å². The van der Waals surface area contributed by atoms with Crippen molar-refractivity contribution < 1.29 is 19.1 Å². The van der Waals surface area contributed by atoms with Gasteiger partial charge in [-0.1, -0.05) is 91.0 Å². The van der Waals surface area contributed by atoms with Crippen LogP contribution >= 0.6 is 0 Å². The Bertz CT molecular complexity index is 1780. The quantitative estimate of drug-likeness (QED) is 0.221. The number of ether oxygens (including phenoxy) is 1. The van der Waals surface area contributed by atoms with E-state index in [0.29, 0.717) is 48.8 Å². The van der Waals surface area contributed by atoms with Gasteiger partial charge in [0.1, 0.15) is 17.5 Å². The number of hydrogen-bond acceptors (Lipinski definition) is 5. The van der Waals surface area contributed by atoms with E-state index in [1.54, 1.807) is 11.9 Å². The molecule has 48 heavy (non-hydrogen) atoms. The largest absolute Gasteiger partial charge is 0.457 e. The number of nitrogens with one attached hydrogen (secondary N) is 1. The number of nitrogens with zero attached hydrogens (tertiary/aromatic N) is 4. The maximum atomic E-state index is 14.7. The van der Waals surface area contributed by atoms with Crippen molar-refractivity contribution in [3.63, 3.8) is 0 Å². The summed E-state index contributed by atoms with van der Waals surface area (Å²) in [6.45, 7) is 1.73. The monoisotopic (exact) mass is 643 g/mol. The number of hydrogen-bond donors (Lipinski definition) is 1. The number of para-hydroxylation sites is 1. The van der Waals surface area contributed by atoms with Gasteiger partial charge < -0.3 is 24.8 Å². The Kier molecular flexibility index (Phi) is 9.87. The first kappa shape index (κ1) is 32.5. The van der Waals surface area contributed by atoms with E-state index in [1.807, 2.05) is 139 Å². The zero-order chi connectivity index (χ0) is 33.6. The maximum absolute atomic E-state index is 14.7.